The number of ether oxygens (including phenoxy) is 4. The monoisotopic (exact) mass is 909 g/mol. The molecule has 3 saturated heterocycles. The molecule has 4 aromatic rings. The molecule has 10 atom stereocenters. The van der Waals surface area contributed by atoms with E-state index in [0.29, 0.717) is 62.0 Å². The summed E-state index contributed by atoms with van der Waals surface area (Å²) in [5, 5.41) is 8.27. The van der Waals surface area contributed by atoms with Crippen molar-refractivity contribution in [2.24, 2.45) is 23.2 Å². The topological polar surface area (TPSA) is 149 Å². The summed E-state index contributed by atoms with van der Waals surface area (Å²) in [6, 6.07) is 7.83. The molecular weight excluding hydrogens is 843 g/mol. The number of likely N-dealkylation sites (N-methyl/N-ethyl adjacent to an activating group) is 1. The van der Waals surface area contributed by atoms with E-state index >= 15 is 0 Å². The van der Waals surface area contributed by atoms with Gasteiger partial charge in [0, 0.05) is 83.8 Å². The number of carbonyl (C=O) groups excluding carboxylic acids is 3. The largest absolute Gasteiger partial charge is 0.464 e. The molecule has 8 bridgehead atoms. The Labute approximate surface area is 387 Å². The van der Waals surface area contributed by atoms with Crippen molar-refractivity contribution in [2.45, 2.75) is 129 Å². The van der Waals surface area contributed by atoms with E-state index < -0.39 is 29.6 Å². The minimum absolute atomic E-state index is 0.161. The second kappa shape index (κ2) is 18.4. The number of hydrazine groups is 1. The zero-order valence-electron chi connectivity index (χ0n) is 39.5. The molecule has 1 saturated carbocycles. The second-order valence-electron chi connectivity index (χ2n) is 20.0. The molecule has 14 nitrogen and oxygen atoms in total. The lowest BCUT2D eigenvalue weighted by Crippen LogP contribution is -2.61. The average Bonchev–Trinajstić information content (AvgIpc) is 3.57. The number of rotatable bonds is 9. The highest BCUT2D eigenvalue weighted by atomic mass is 32.1. The number of piperidine rings is 1. The van der Waals surface area contributed by atoms with Gasteiger partial charge in [-0.25, -0.2) is 10.4 Å². The van der Waals surface area contributed by atoms with Crippen LogP contribution in [0.3, 0.4) is 0 Å². The van der Waals surface area contributed by atoms with Gasteiger partial charge < -0.3 is 28.8 Å². The number of esters is 1. The summed E-state index contributed by atoms with van der Waals surface area (Å²) in [5.74, 6) is -0.389. The van der Waals surface area contributed by atoms with Gasteiger partial charge in [-0.1, -0.05) is 33.8 Å². The number of morpholine rings is 1. The third-order valence-corrected chi connectivity index (χ3v) is 16.1. The van der Waals surface area contributed by atoms with Gasteiger partial charge in [0.05, 0.1) is 43.0 Å². The minimum Gasteiger partial charge on any atom is -0.464 e. The summed E-state index contributed by atoms with van der Waals surface area (Å²) in [6.45, 7) is 17.6. The fraction of sp³-hybridized carbons (Fsp3) is 0.620. The number of fused-ring (bicyclic) bond motifs is 8. The van der Waals surface area contributed by atoms with E-state index in [1.807, 2.05) is 12.3 Å². The molecule has 0 spiro atoms. The number of nitrogens with zero attached hydrogens (tertiary/aromatic N) is 5. The summed E-state index contributed by atoms with van der Waals surface area (Å²) in [5.41, 5.74) is 10.9. The number of nitrogens with one attached hydrogen (secondary N) is 2. The molecule has 15 heteroatoms. The lowest BCUT2D eigenvalue weighted by Gasteiger charge is -2.46. The van der Waals surface area contributed by atoms with Gasteiger partial charge in [-0.05, 0) is 107 Å². The van der Waals surface area contributed by atoms with Crippen LogP contribution in [0, 0.1) is 23.2 Å². The Morgan fingerprint density at radius 1 is 1.11 bits per heavy atom. The van der Waals surface area contributed by atoms with Gasteiger partial charge in [0.15, 0.2) is 0 Å². The standard InChI is InChI=1S/C50H67N7O7S/c1-10-56-40-15-14-30-19-35(40)37(44(56)36-20-32(22-51-42(36)29(5)61-9)31-17-33-23-62-24-34(18-31)55(33)8)21-50(6,7)26-64-49(60)38-13-12-16-57(54-38)48(59)43(53-46(58)41-27(3)28(41)4)45(63-11-2)47-52-39(30)25-65-47/h14-15,19-20,22,25,27-29,31,33-34,38,41,43,45,54H,10-13,16-18,21,23-24,26H2,1-9H3,(H,53,58)/t27-,28+,29-,31?,33-,34+,38-,41?,43-,45-/m0/s1. The maximum Gasteiger partial charge on any atom is 0.324 e. The Morgan fingerprint density at radius 2 is 1.86 bits per heavy atom. The number of carbonyl (C=O) groups is 3. The molecular formula is C50H67N7O7S. The Hall–Kier alpha value is -4.25. The molecule has 4 fully saturated rings. The van der Waals surface area contributed by atoms with Crippen molar-refractivity contribution >= 4 is 40.0 Å². The van der Waals surface area contributed by atoms with E-state index in [4.69, 9.17) is 28.9 Å². The number of benzene rings is 1. The highest BCUT2D eigenvalue weighted by Crippen LogP contribution is 2.47. The van der Waals surface area contributed by atoms with E-state index in [1.54, 1.807) is 7.11 Å². The fourth-order valence-electron chi connectivity index (χ4n) is 11.0. The molecule has 4 aliphatic heterocycles. The zero-order valence-corrected chi connectivity index (χ0v) is 40.3. The van der Waals surface area contributed by atoms with E-state index in [0.717, 1.165) is 70.7 Å². The van der Waals surface area contributed by atoms with Crippen molar-refractivity contribution in [1.82, 2.24) is 35.2 Å². The SMILES string of the molecule is CCO[C@@H]1c2nc(cs2)-c2ccc3c(c2)c(c(-c2cc(C4C[C@H]5COC[C@@H](C4)N5C)cnc2[C@H](C)OC)n3CC)CC(C)(C)COC(=O)[C@@H]2CCCN(N2)C(=O)[C@H]1NC(=O)C1[C@@H](C)[C@H]1C. The number of cyclic esters (lactones) is 1. The first-order chi connectivity index (χ1) is 31.2. The van der Waals surface area contributed by atoms with Crippen LogP contribution in [0.4, 0.5) is 0 Å². The van der Waals surface area contributed by atoms with Gasteiger partial charge in [0.25, 0.3) is 5.91 Å². The summed E-state index contributed by atoms with van der Waals surface area (Å²) < 4.78 is 27.0. The number of amides is 2. The van der Waals surface area contributed by atoms with Crippen LogP contribution in [0.25, 0.3) is 33.4 Å². The summed E-state index contributed by atoms with van der Waals surface area (Å²) >= 11 is 1.42. The number of hydrogen-bond acceptors (Lipinski definition) is 12. The minimum atomic E-state index is -1.08. The molecule has 5 aliphatic rings. The van der Waals surface area contributed by atoms with Crippen molar-refractivity contribution < 1.29 is 33.3 Å². The smallest absolute Gasteiger partial charge is 0.324 e. The molecule has 3 aromatic heterocycles. The second-order valence-corrected chi connectivity index (χ2v) is 20.9. The van der Waals surface area contributed by atoms with Gasteiger partial charge in [-0.2, -0.15) is 0 Å². The molecule has 1 aromatic carbocycles. The molecule has 7 heterocycles. The summed E-state index contributed by atoms with van der Waals surface area (Å²) in [7, 11) is 3.97. The van der Waals surface area contributed by atoms with Gasteiger partial charge in [-0.15, -0.1) is 11.3 Å². The van der Waals surface area contributed by atoms with Gasteiger partial charge >= 0.3 is 5.97 Å². The van der Waals surface area contributed by atoms with Gasteiger partial charge in [0.1, 0.15) is 23.2 Å². The number of aryl methyl sites for hydroxylation is 1. The van der Waals surface area contributed by atoms with Crippen LogP contribution >= 0.6 is 11.3 Å². The van der Waals surface area contributed by atoms with Gasteiger partial charge in [0.2, 0.25) is 5.91 Å². The van der Waals surface area contributed by atoms with Crippen LogP contribution in [0.2, 0.25) is 0 Å². The van der Waals surface area contributed by atoms with Crippen LogP contribution < -0.4 is 10.7 Å². The first-order valence-corrected chi connectivity index (χ1v) is 24.7. The number of methoxy groups -OCH3 is 1. The molecule has 350 valence electrons. The quantitative estimate of drug-likeness (QED) is 0.164. The first-order valence-electron chi connectivity index (χ1n) is 23.8. The Balaban J connectivity index is 1.19. The lowest BCUT2D eigenvalue weighted by atomic mass is 9.80. The Morgan fingerprint density at radius 3 is 2.55 bits per heavy atom. The molecule has 1 aliphatic carbocycles. The Bertz CT molecular complexity index is 2410. The van der Waals surface area contributed by atoms with E-state index in [9.17, 15) is 14.4 Å². The van der Waals surface area contributed by atoms with Gasteiger partial charge in [-0.3, -0.25) is 29.3 Å². The molecule has 0 radical (unpaired) electrons. The lowest BCUT2D eigenvalue weighted by molar-refractivity contribution is -0.156. The zero-order chi connectivity index (χ0) is 45.9. The van der Waals surface area contributed by atoms with Crippen molar-refractivity contribution in [3.8, 4) is 22.5 Å². The normalized spacial score (nSPS) is 29.9. The summed E-state index contributed by atoms with van der Waals surface area (Å²) in [4.78, 5) is 55.4. The number of pyridine rings is 1. The third-order valence-electron chi connectivity index (χ3n) is 15.2. The Kier molecular flexibility index (Phi) is 13.0. The number of aromatic nitrogens is 3. The molecule has 65 heavy (non-hydrogen) atoms. The van der Waals surface area contributed by atoms with Crippen LogP contribution in [0.1, 0.15) is 114 Å². The van der Waals surface area contributed by atoms with Crippen LogP contribution in [0.5, 0.6) is 0 Å². The fourth-order valence-corrected chi connectivity index (χ4v) is 11.9. The maximum atomic E-state index is 14.7. The average molecular weight is 910 g/mol. The van der Waals surface area contributed by atoms with Crippen molar-refractivity contribution in [2.75, 3.05) is 47.1 Å². The molecule has 2 unspecified atom stereocenters. The highest BCUT2D eigenvalue weighted by molar-refractivity contribution is 7.10. The van der Waals surface area contributed by atoms with Crippen molar-refractivity contribution in [3.05, 3.63) is 57.7 Å². The predicted molar refractivity (Wildman–Crippen MR) is 250 cm³/mol. The van der Waals surface area contributed by atoms with Crippen LogP contribution in [0.15, 0.2) is 35.8 Å². The number of thiazole rings is 1. The highest BCUT2D eigenvalue weighted by Gasteiger charge is 2.50. The van der Waals surface area contributed by atoms with Crippen LogP contribution in [-0.4, -0.2) is 114 Å². The maximum absolute atomic E-state index is 14.7. The first kappa shape index (κ1) is 45.9. The predicted octanol–water partition coefficient (Wildman–Crippen LogP) is 7.22. The molecule has 2 amide bonds. The number of hydrogen-bond donors (Lipinski definition) is 2. The van der Waals surface area contributed by atoms with E-state index in [-0.39, 0.29) is 42.3 Å². The van der Waals surface area contributed by atoms with Crippen molar-refractivity contribution in [3.63, 3.8) is 0 Å². The molecule has 2 N–H and O–H groups in total. The van der Waals surface area contributed by atoms with Crippen LogP contribution in [-0.2, 0) is 46.3 Å². The van der Waals surface area contributed by atoms with E-state index in [1.165, 1.54) is 21.9 Å². The van der Waals surface area contributed by atoms with Crippen molar-refractivity contribution in [1.29, 1.82) is 0 Å². The van der Waals surface area contributed by atoms with E-state index in [2.05, 4.69) is 99.3 Å². The third kappa shape index (κ3) is 8.77. The molecule has 9 rings (SSSR count). The summed E-state index contributed by atoms with van der Waals surface area (Å²) in [6.07, 6.45) is 4.64.